The lowest BCUT2D eigenvalue weighted by molar-refractivity contribution is -0.300. The van der Waals surface area contributed by atoms with Gasteiger partial charge in [-0.25, -0.2) is 4.39 Å². The van der Waals surface area contributed by atoms with Crippen LogP contribution in [0.3, 0.4) is 0 Å². The van der Waals surface area contributed by atoms with Crippen LogP contribution in [0, 0.1) is 5.82 Å². The number of halogens is 1. The van der Waals surface area contributed by atoms with Gasteiger partial charge in [0.2, 0.25) is 0 Å². The van der Waals surface area contributed by atoms with Crippen LogP contribution in [0.2, 0.25) is 0 Å². The molecule has 0 bridgehead atoms. The van der Waals surface area contributed by atoms with E-state index in [0.717, 1.165) is 16.8 Å². The van der Waals surface area contributed by atoms with Crippen molar-refractivity contribution in [2.45, 2.75) is 104 Å². The normalized spacial score (nSPS) is 18.7. The molecule has 2 aromatic heterocycles. The molecule has 42 heavy (non-hydrogen) atoms. The zero-order chi connectivity index (χ0) is 30.8. The maximum Gasteiger partial charge on any atom is 0.308 e. The Morgan fingerprint density at radius 3 is 2.33 bits per heavy atom. The fourth-order valence-corrected chi connectivity index (χ4v) is 5.77. The minimum atomic E-state index is -0.896. The molecule has 4 rings (SSSR count). The predicted octanol–water partition coefficient (Wildman–Crippen LogP) is 6.61. The summed E-state index contributed by atoms with van der Waals surface area (Å²) in [4.78, 5) is 30.2. The van der Waals surface area contributed by atoms with Crippen LogP contribution in [0.15, 0.2) is 48.7 Å². The lowest BCUT2D eigenvalue weighted by Gasteiger charge is -2.41. The average molecular weight is 580 g/mol. The first-order valence-electron chi connectivity index (χ1n) is 14.5. The van der Waals surface area contributed by atoms with E-state index in [-0.39, 0.29) is 36.5 Å². The average Bonchev–Trinajstić information content (AvgIpc) is 3.22. The molecule has 1 fully saturated rings. The molecule has 1 aliphatic rings. The number of primary amides is 1. The molecule has 1 amide bonds. The molecule has 1 aliphatic heterocycles. The van der Waals surface area contributed by atoms with Crippen molar-refractivity contribution >= 4 is 11.9 Å². The highest BCUT2D eigenvalue weighted by Crippen LogP contribution is 2.42. The number of hydrogen-bond donors (Lipinski definition) is 1. The number of benzene rings is 1. The quantitative estimate of drug-likeness (QED) is 0.286. The third kappa shape index (κ3) is 7.44. The van der Waals surface area contributed by atoms with Gasteiger partial charge in [-0.05, 0) is 91.1 Å². The number of nitrogens with two attached hydrogens (primary N) is 1. The molecule has 226 valence electrons. The van der Waals surface area contributed by atoms with Gasteiger partial charge in [-0.3, -0.25) is 14.6 Å². The van der Waals surface area contributed by atoms with Crippen molar-refractivity contribution in [1.29, 1.82) is 0 Å². The summed E-state index contributed by atoms with van der Waals surface area (Å²) < 4.78 is 33.9. The zero-order valence-corrected chi connectivity index (χ0v) is 25.6. The molecule has 2 atom stereocenters. The molecule has 0 aliphatic carbocycles. The fraction of sp³-hybridized carbons (Fsp3) is 0.485. The highest BCUT2D eigenvalue weighted by Gasteiger charge is 2.38. The largest absolute Gasteiger partial charge is 0.460 e. The van der Waals surface area contributed by atoms with E-state index in [4.69, 9.17) is 19.9 Å². The van der Waals surface area contributed by atoms with Crippen LogP contribution in [-0.4, -0.2) is 45.0 Å². The summed E-state index contributed by atoms with van der Waals surface area (Å²) in [6.45, 7) is 13.2. The molecule has 3 heterocycles. The Labute approximate surface area is 247 Å². The van der Waals surface area contributed by atoms with Gasteiger partial charge in [0.05, 0.1) is 24.3 Å². The lowest BCUT2D eigenvalue weighted by atomic mass is 9.94. The molecule has 1 aromatic carbocycles. The van der Waals surface area contributed by atoms with E-state index in [1.54, 1.807) is 18.3 Å². The van der Waals surface area contributed by atoms with Crippen LogP contribution < -0.4 is 5.73 Å². The van der Waals surface area contributed by atoms with Gasteiger partial charge >= 0.3 is 5.97 Å². The standard InChI is InChI=1S/C33H42FN3O5/c1-20(2)37-26(16-15-23-18-24(41-33(6,7)40-23)19-27(38)42-32(3,4)5)28(21-11-13-22(34)14-12-21)29(30(37)31(35)39)25-10-8-9-17-36-25/h8-14,17,20,23-24H,15-16,18-19H2,1-7H3,(H2,35,39). The van der Waals surface area contributed by atoms with Gasteiger partial charge in [-0.1, -0.05) is 18.2 Å². The van der Waals surface area contributed by atoms with Crippen LogP contribution in [0.25, 0.3) is 22.4 Å². The van der Waals surface area contributed by atoms with E-state index in [9.17, 15) is 14.0 Å². The maximum absolute atomic E-state index is 14.0. The molecule has 9 heteroatoms. The number of amides is 1. The molecule has 8 nitrogen and oxygen atoms in total. The second kappa shape index (κ2) is 12.4. The summed E-state index contributed by atoms with van der Waals surface area (Å²) in [7, 11) is 0. The van der Waals surface area contributed by atoms with Crippen LogP contribution >= 0.6 is 0 Å². The maximum atomic E-state index is 14.0. The Morgan fingerprint density at radius 2 is 1.76 bits per heavy atom. The number of carbonyl (C=O) groups is 2. The van der Waals surface area contributed by atoms with Crippen LogP contribution in [0.4, 0.5) is 4.39 Å². The van der Waals surface area contributed by atoms with E-state index in [0.29, 0.717) is 36.2 Å². The van der Waals surface area contributed by atoms with Crippen molar-refractivity contribution in [1.82, 2.24) is 9.55 Å². The van der Waals surface area contributed by atoms with E-state index >= 15 is 0 Å². The van der Waals surface area contributed by atoms with Crippen molar-refractivity contribution in [3.8, 4) is 22.4 Å². The van der Waals surface area contributed by atoms with Crippen molar-refractivity contribution in [2.75, 3.05) is 0 Å². The monoisotopic (exact) mass is 579 g/mol. The minimum Gasteiger partial charge on any atom is -0.460 e. The molecule has 2 N–H and O–H groups in total. The molecular weight excluding hydrogens is 537 g/mol. The number of nitrogens with zero attached hydrogens (tertiary/aromatic N) is 2. The van der Waals surface area contributed by atoms with Crippen molar-refractivity contribution in [2.24, 2.45) is 5.73 Å². The van der Waals surface area contributed by atoms with E-state index < -0.39 is 17.3 Å². The molecule has 2 unspecified atom stereocenters. The summed E-state index contributed by atoms with van der Waals surface area (Å²) in [5.74, 6) is -2.14. The van der Waals surface area contributed by atoms with E-state index in [2.05, 4.69) is 4.98 Å². The van der Waals surface area contributed by atoms with Crippen molar-refractivity contribution in [3.05, 3.63) is 65.9 Å². The summed E-state index contributed by atoms with van der Waals surface area (Å²) in [6, 6.07) is 11.6. The van der Waals surface area contributed by atoms with Gasteiger partial charge in [0, 0.05) is 35.5 Å². The van der Waals surface area contributed by atoms with Gasteiger partial charge in [0.15, 0.2) is 5.79 Å². The van der Waals surface area contributed by atoms with Gasteiger partial charge < -0.3 is 24.5 Å². The molecule has 0 saturated carbocycles. The minimum absolute atomic E-state index is 0.105. The Kier molecular flexibility index (Phi) is 9.23. The molecule has 3 aromatic rings. The smallest absolute Gasteiger partial charge is 0.308 e. The van der Waals surface area contributed by atoms with E-state index in [1.165, 1.54) is 12.1 Å². The Bertz CT molecular complexity index is 1410. The Morgan fingerprint density at radius 1 is 1.10 bits per heavy atom. The number of hydrogen-bond acceptors (Lipinski definition) is 6. The first-order chi connectivity index (χ1) is 19.6. The summed E-state index contributed by atoms with van der Waals surface area (Å²) in [6.07, 6.45) is 2.82. The number of rotatable bonds is 9. The number of pyridine rings is 1. The SMILES string of the molecule is CC(C)n1c(CCC2CC(CC(=O)OC(C)(C)C)OC(C)(C)O2)c(-c2ccc(F)cc2)c(-c2ccccn2)c1C(N)=O. The van der Waals surface area contributed by atoms with Gasteiger partial charge in [0.25, 0.3) is 5.91 Å². The van der Waals surface area contributed by atoms with Gasteiger partial charge in [-0.2, -0.15) is 0 Å². The van der Waals surface area contributed by atoms with Crippen molar-refractivity contribution < 1.29 is 28.2 Å². The van der Waals surface area contributed by atoms with Crippen LogP contribution in [0.5, 0.6) is 0 Å². The third-order valence-electron chi connectivity index (χ3n) is 7.06. The predicted molar refractivity (Wildman–Crippen MR) is 159 cm³/mol. The number of carbonyl (C=O) groups excluding carboxylic acids is 2. The van der Waals surface area contributed by atoms with Gasteiger partial charge in [0.1, 0.15) is 17.1 Å². The highest BCUT2D eigenvalue weighted by atomic mass is 19.1. The lowest BCUT2D eigenvalue weighted by Crippen LogP contribution is -2.45. The Balaban J connectivity index is 1.75. The summed E-state index contributed by atoms with van der Waals surface area (Å²) in [5, 5.41) is 0. The second-order valence-corrected chi connectivity index (χ2v) is 12.5. The van der Waals surface area contributed by atoms with Crippen LogP contribution in [0.1, 0.15) is 90.0 Å². The number of ether oxygens (including phenoxy) is 3. The van der Waals surface area contributed by atoms with Crippen LogP contribution in [-0.2, 0) is 25.4 Å². The summed E-state index contributed by atoms with van der Waals surface area (Å²) >= 11 is 0. The van der Waals surface area contributed by atoms with E-state index in [1.807, 2.05) is 71.2 Å². The first kappa shape index (κ1) is 31.4. The molecular formula is C33H42FN3O5. The van der Waals surface area contributed by atoms with Crippen molar-refractivity contribution in [3.63, 3.8) is 0 Å². The molecule has 0 radical (unpaired) electrons. The highest BCUT2D eigenvalue weighted by molar-refractivity contribution is 6.04. The topological polar surface area (TPSA) is 106 Å². The second-order valence-electron chi connectivity index (χ2n) is 12.5. The zero-order valence-electron chi connectivity index (χ0n) is 25.6. The fourth-order valence-electron chi connectivity index (χ4n) is 5.77. The number of esters is 1. The van der Waals surface area contributed by atoms with Gasteiger partial charge in [-0.15, -0.1) is 0 Å². The first-order valence-corrected chi connectivity index (χ1v) is 14.5. The molecule has 0 spiro atoms. The third-order valence-corrected chi connectivity index (χ3v) is 7.06. The Hall–Kier alpha value is -3.56. The molecule has 1 saturated heterocycles. The number of aromatic nitrogens is 2. The summed E-state index contributed by atoms with van der Waals surface area (Å²) in [5.41, 5.74) is 9.44.